The lowest BCUT2D eigenvalue weighted by atomic mass is 10.1. The molecule has 2 aromatic heterocycles. The van der Waals surface area contributed by atoms with Gasteiger partial charge < -0.3 is 10.3 Å². The van der Waals surface area contributed by atoms with Crippen LogP contribution in [0.5, 0.6) is 0 Å². The van der Waals surface area contributed by atoms with Crippen LogP contribution in [-0.2, 0) is 6.54 Å². The molecule has 3 aromatic carbocycles. The fraction of sp³-hybridized carbons (Fsp3) is 0.0769. The molecule has 158 valence electrons. The van der Waals surface area contributed by atoms with Crippen molar-refractivity contribution in [2.75, 3.05) is 5.32 Å². The van der Waals surface area contributed by atoms with Gasteiger partial charge in [-0.05, 0) is 49.4 Å². The predicted octanol–water partition coefficient (Wildman–Crippen LogP) is 5.95. The summed E-state index contributed by atoms with van der Waals surface area (Å²) in [5.41, 5.74) is 5.95. The van der Waals surface area contributed by atoms with Gasteiger partial charge in [-0.1, -0.05) is 59.6 Å². The summed E-state index contributed by atoms with van der Waals surface area (Å²) in [5, 5.41) is 9.74. The van der Waals surface area contributed by atoms with Crippen LogP contribution in [0.4, 0.5) is 5.69 Å². The lowest BCUT2D eigenvalue weighted by Gasteiger charge is -2.07. The van der Waals surface area contributed by atoms with E-state index in [1.54, 1.807) is 4.68 Å². The molecule has 5 nitrogen and oxygen atoms in total. The summed E-state index contributed by atoms with van der Waals surface area (Å²) in [6, 6.07) is 27.4. The summed E-state index contributed by atoms with van der Waals surface area (Å²) in [5.74, 6) is 0. The van der Waals surface area contributed by atoms with Gasteiger partial charge in [0.15, 0.2) is 0 Å². The van der Waals surface area contributed by atoms with E-state index >= 15 is 0 Å². The summed E-state index contributed by atoms with van der Waals surface area (Å²) < 4.78 is 1.79. The first-order valence-electron chi connectivity index (χ1n) is 10.4. The molecule has 0 spiro atoms. The Bertz CT molecular complexity index is 1440. The van der Waals surface area contributed by atoms with E-state index < -0.39 is 0 Å². The third-order valence-electron chi connectivity index (χ3n) is 5.42. The number of rotatable bonds is 5. The average molecular weight is 441 g/mol. The minimum atomic E-state index is -0.147. The van der Waals surface area contributed by atoms with Gasteiger partial charge in [-0.2, -0.15) is 5.10 Å². The quantitative estimate of drug-likeness (QED) is 0.354. The van der Waals surface area contributed by atoms with Crippen molar-refractivity contribution in [1.29, 1.82) is 0 Å². The van der Waals surface area contributed by atoms with E-state index in [9.17, 15) is 4.79 Å². The van der Waals surface area contributed by atoms with Gasteiger partial charge in [0.05, 0.1) is 5.69 Å². The molecule has 5 aromatic rings. The van der Waals surface area contributed by atoms with Crippen LogP contribution in [0.25, 0.3) is 28.0 Å². The van der Waals surface area contributed by atoms with Gasteiger partial charge in [0.2, 0.25) is 0 Å². The molecule has 0 unspecified atom stereocenters. The predicted molar refractivity (Wildman–Crippen MR) is 131 cm³/mol. The zero-order valence-corrected chi connectivity index (χ0v) is 18.2. The minimum Gasteiger partial charge on any atom is -0.381 e. The minimum absolute atomic E-state index is 0.147. The summed E-state index contributed by atoms with van der Waals surface area (Å²) in [4.78, 5) is 16.0. The third kappa shape index (κ3) is 3.90. The molecule has 0 amide bonds. The number of nitrogens with zero attached hydrogens (tertiary/aromatic N) is 2. The Balaban J connectivity index is 1.62. The highest BCUT2D eigenvalue weighted by molar-refractivity contribution is 6.30. The monoisotopic (exact) mass is 440 g/mol. The van der Waals surface area contributed by atoms with Crippen molar-refractivity contribution < 1.29 is 0 Å². The Hall–Kier alpha value is -3.83. The first-order chi connectivity index (χ1) is 15.6. The van der Waals surface area contributed by atoms with Crippen LogP contribution in [0.2, 0.25) is 5.02 Å². The lowest BCUT2D eigenvalue weighted by molar-refractivity contribution is 0.896. The third-order valence-corrected chi connectivity index (χ3v) is 5.67. The summed E-state index contributed by atoms with van der Waals surface area (Å²) in [6.07, 6.45) is 0. The molecule has 2 heterocycles. The number of anilines is 1. The number of nitrogens with one attached hydrogen (secondary N) is 2. The van der Waals surface area contributed by atoms with Crippen LogP contribution >= 0.6 is 11.6 Å². The summed E-state index contributed by atoms with van der Waals surface area (Å²) in [6.45, 7) is 2.44. The second-order valence-electron chi connectivity index (χ2n) is 7.71. The van der Waals surface area contributed by atoms with Crippen molar-refractivity contribution in [3.8, 4) is 16.9 Å². The summed E-state index contributed by atoms with van der Waals surface area (Å²) in [7, 11) is 0. The lowest BCUT2D eigenvalue weighted by Crippen LogP contribution is -2.16. The van der Waals surface area contributed by atoms with Crippen LogP contribution < -0.4 is 10.9 Å². The standard InChI is InChI=1S/C26H21ClN4O/c1-17-7-9-18(10-8-17)24-23-15-19(16-28-21-13-11-20(27)12-14-21)26(32)29-25(23)31(30-24)22-5-3-2-4-6-22/h2-15,28H,16H2,1H3,(H,29,32). The highest BCUT2D eigenvalue weighted by atomic mass is 35.5. The number of pyridine rings is 1. The maximum absolute atomic E-state index is 12.9. The molecule has 2 N–H and O–H groups in total. The first-order valence-corrected chi connectivity index (χ1v) is 10.7. The Labute approximate surface area is 190 Å². The second kappa shape index (κ2) is 8.36. The van der Waals surface area contributed by atoms with Crippen LogP contribution in [0.3, 0.4) is 0 Å². The molecule has 0 aliphatic rings. The van der Waals surface area contributed by atoms with Gasteiger partial charge in [0.25, 0.3) is 5.56 Å². The molecule has 32 heavy (non-hydrogen) atoms. The van der Waals surface area contributed by atoms with Crippen molar-refractivity contribution in [3.05, 3.63) is 111 Å². The maximum atomic E-state index is 12.9. The molecule has 0 atom stereocenters. The Morgan fingerprint density at radius 1 is 0.969 bits per heavy atom. The number of aromatic amines is 1. The number of benzene rings is 3. The van der Waals surface area contributed by atoms with Crippen molar-refractivity contribution in [3.63, 3.8) is 0 Å². The molecular weight excluding hydrogens is 420 g/mol. The number of fused-ring (bicyclic) bond motifs is 1. The normalized spacial score (nSPS) is 11.1. The molecule has 6 heteroatoms. The van der Waals surface area contributed by atoms with E-state index in [0.717, 1.165) is 28.0 Å². The smallest absolute Gasteiger partial charge is 0.254 e. The molecule has 0 radical (unpaired) electrons. The van der Waals surface area contributed by atoms with E-state index in [1.165, 1.54) is 5.56 Å². The van der Waals surface area contributed by atoms with Crippen LogP contribution in [-0.4, -0.2) is 14.8 Å². The van der Waals surface area contributed by atoms with Gasteiger partial charge in [-0.15, -0.1) is 0 Å². The van der Waals surface area contributed by atoms with Crippen LogP contribution in [0, 0.1) is 6.92 Å². The van der Waals surface area contributed by atoms with E-state index in [0.29, 0.717) is 22.8 Å². The molecule has 0 aliphatic heterocycles. The molecule has 0 saturated heterocycles. The highest BCUT2D eigenvalue weighted by Gasteiger charge is 2.16. The molecular formula is C26H21ClN4O. The number of hydrogen-bond acceptors (Lipinski definition) is 3. The zero-order valence-electron chi connectivity index (χ0n) is 17.5. The molecule has 0 bridgehead atoms. The molecule has 5 rings (SSSR count). The largest absolute Gasteiger partial charge is 0.381 e. The van der Waals surface area contributed by atoms with E-state index in [-0.39, 0.29) is 5.56 Å². The van der Waals surface area contributed by atoms with Crippen LogP contribution in [0.1, 0.15) is 11.1 Å². The molecule has 0 fully saturated rings. The topological polar surface area (TPSA) is 62.7 Å². The number of aryl methyl sites for hydroxylation is 1. The van der Waals surface area contributed by atoms with Crippen LogP contribution in [0.15, 0.2) is 89.7 Å². The highest BCUT2D eigenvalue weighted by Crippen LogP contribution is 2.29. The Morgan fingerprint density at radius 3 is 2.41 bits per heavy atom. The zero-order chi connectivity index (χ0) is 22.1. The summed E-state index contributed by atoms with van der Waals surface area (Å²) >= 11 is 5.97. The fourth-order valence-corrected chi connectivity index (χ4v) is 3.82. The van der Waals surface area contributed by atoms with E-state index in [1.807, 2.05) is 60.7 Å². The fourth-order valence-electron chi connectivity index (χ4n) is 3.69. The Kier molecular flexibility index (Phi) is 5.25. The van der Waals surface area contributed by atoms with Gasteiger partial charge in [-0.25, -0.2) is 4.68 Å². The number of aromatic nitrogens is 3. The van der Waals surface area contributed by atoms with Crippen molar-refractivity contribution in [2.24, 2.45) is 0 Å². The van der Waals surface area contributed by atoms with E-state index in [4.69, 9.17) is 16.7 Å². The number of halogens is 1. The average Bonchev–Trinajstić information content (AvgIpc) is 3.18. The van der Waals surface area contributed by atoms with Gasteiger partial charge in [0.1, 0.15) is 11.3 Å². The number of H-pyrrole nitrogens is 1. The van der Waals surface area contributed by atoms with Crippen molar-refractivity contribution in [2.45, 2.75) is 13.5 Å². The van der Waals surface area contributed by atoms with Gasteiger partial charge >= 0.3 is 0 Å². The van der Waals surface area contributed by atoms with Crippen molar-refractivity contribution >= 4 is 28.3 Å². The van der Waals surface area contributed by atoms with Gasteiger partial charge in [0, 0.05) is 33.8 Å². The van der Waals surface area contributed by atoms with Gasteiger partial charge in [-0.3, -0.25) is 4.79 Å². The van der Waals surface area contributed by atoms with Crippen molar-refractivity contribution in [1.82, 2.24) is 14.8 Å². The van der Waals surface area contributed by atoms with E-state index in [2.05, 4.69) is 41.5 Å². The SMILES string of the molecule is Cc1ccc(-c2nn(-c3ccccc3)c3[nH]c(=O)c(CNc4ccc(Cl)cc4)cc23)cc1. The second-order valence-corrected chi connectivity index (χ2v) is 8.14. The Morgan fingerprint density at radius 2 is 1.69 bits per heavy atom. The first kappa shape index (κ1) is 20.1. The molecule has 0 saturated carbocycles. The number of para-hydroxylation sites is 1. The molecule has 0 aliphatic carbocycles. The maximum Gasteiger partial charge on any atom is 0.254 e. The number of hydrogen-bond donors (Lipinski definition) is 2.